The van der Waals surface area contributed by atoms with E-state index in [0.717, 1.165) is 6.54 Å². The summed E-state index contributed by atoms with van der Waals surface area (Å²) in [7, 11) is 4.11. The number of imide groups is 1. The van der Waals surface area contributed by atoms with Gasteiger partial charge in [-0.1, -0.05) is 0 Å². The van der Waals surface area contributed by atoms with Crippen LogP contribution >= 0.6 is 0 Å². The van der Waals surface area contributed by atoms with Crippen LogP contribution in [0.1, 0.15) is 39.5 Å². The summed E-state index contributed by atoms with van der Waals surface area (Å²) in [5.74, 6) is -0.125. The summed E-state index contributed by atoms with van der Waals surface area (Å²) in [5, 5.41) is 6.06. The van der Waals surface area contributed by atoms with Crippen LogP contribution in [0.4, 0.5) is 4.79 Å². The first-order chi connectivity index (χ1) is 9.85. The Labute approximate surface area is 127 Å². The summed E-state index contributed by atoms with van der Waals surface area (Å²) in [6, 6.07) is 0.932. The lowest BCUT2D eigenvalue weighted by Gasteiger charge is -2.35. The number of carbonyl (C=O) groups is 2. The van der Waals surface area contributed by atoms with Crippen molar-refractivity contribution in [3.63, 3.8) is 0 Å². The minimum absolute atomic E-state index is 0.125. The second kappa shape index (κ2) is 6.32. The topological polar surface area (TPSA) is 64.7 Å². The quantitative estimate of drug-likeness (QED) is 0.736. The highest BCUT2D eigenvalue weighted by atomic mass is 16.2. The van der Waals surface area contributed by atoms with Gasteiger partial charge < -0.3 is 15.5 Å². The van der Waals surface area contributed by atoms with E-state index >= 15 is 0 Å². The van der Waals surface area contributed by atoms with E-state index in [2.05, 4.69) is 22.6 Å². The van der Waals surface area contributed by atoms with Crippen LogP contribution < -0.4 is 10.6 Å². The Balaban J connectivity index is 1.81. The molecule has 0 radical (unpaired) electrons. The minimum Gasteiger partial charge on any atom is -0.324 e. The minimum atomic E-state index is -0.763. The average molecular weight is 296 g/mol. The molecule has 0 atom stereocenters. The van der Waals surface area contributed by atoms with Gasteiger partial charge in [0, 0.05) is 25.2 Å². The summed E-state index contributed by atoms with van der Waals surface area (Å²) in [5.41, 5.74) is -0.763. The van der Waals surface area contributed by atoms with Gasteiger partial charge in [0.25, 0.3) is 5.91 Å². The molecular formula is C15H28N4O2. The first-order valence-electron chi connectivity index (χ1n) is 7.86. The summed E-state index contributed by atoms with van der Waals surface area (Å²) in [4.78, 5) is 27.6. The Kier molecular flexibility index (Phi) is 4.88. The number of likely N-dealkylation sites (N-methyl/N-ethyl adjacent to an activating group) is 1. The van der Waals surface area contributed by atoms with Crippen LogP contribution in [-0.2, 0) is 4.79 Å². The van der Waals surface area contributed by atoms with Crippen molar-refractivity contribution < 1.29 is 9.59 Å². The predicted octanol–water partition coefficient (Wildman–Crippen LogP) is 0.779. The number of hydrogen-bond donors (Lipinski definition) is 2. The van der Waals surface area contributed by atoms with Crippen LogP contribution in [0.2, 0.25) is 0 Å². The molecule has 6 nitrogen and oxygen atoms in total. The van der Waals surface area contributed by atoms with E-state index < -0.39 is 5.54 Å². The van der Waals surface area contributed by atoms with Crippen LogP contribution in [0.15, 0.2) is 0 Å². The number of rotatable bonds is 5. The van der Waals surface area contributed by atoms with Crippen LogP contribution in [0.5, 0.6) is 0 Å². The number of nitrogens with one attached hydrogen (secondary N) is 2. The summed E-state index contributed by atoms with van der Waals surface area (Å²) >= 11 is 0. The number of hydrogen-bond acceptors (Lipinski definition) is 4. The van der Waals surface area contributed by atoms with Crippen molar-refractivity contribution in [1.82, 2.24) is 20.4 Å². The summed E-state index contributed by atoms with van der Waals surface area (Å²) in [6.07, 6.45) is 4.74. The molecule has 2 aliphatic rings. The monoisotopic (exact) mass is 296 g/mol. The van der Waals surface area contributed by atoms with Gasteiger partial charge in [-0.2, -0.15) is 0 Å². The SMILES string of the molecule is CNC1CCC(N(C)CCN2C(=O)NC(C)(C)C2=O)CC1. The highest BCUT2D eigenvalue weighted by Crippen LogP contribution is 2.22. The van der Waals surface area contributed by atoms with Gasteiger partial charge in [-0.3, -0.25) is 9.69 Å². The molecule has 21 heavy (non-hydrogen) atoms. The van der Waals surface area contributed by atoms with E-state index in [9.17, 15) is 9.59 Å². The first kappa shape index (κ1) is 16.2. The van der Waals surface area contributed by atoms with Gasteiger partial charge in [-0.15, -0.1) is 0 Å². The molecule has 0 aromatic rings. The third kappa shape index (κ3) is 3.55. The van der Waals surface area contributed by atoms with Crippen LogP contribution in [0, 0.1) is 0 Å². The van der Waals surface area contributed by atoms with Gasteiger partial charge in [0.2, 0.25) is 0 Å². The molecule has 2 fully saturated rings. The number of carbonyl (C=O) groups excluding carboxylic acids is 2. The first-order valence-corrected chi connectivity index (χ1v) is 7.86. The van der Waals surface area contributed by atoms with E-state index in [1.54, 1.807) is 13.8 Å². The second-order valence-corrected chi connectivity index (χ2v) is 6.79. The molecule has 0 spiro atoms. The molecular weight excluding hydrogens is 268 g/mol. The van der Waals surface area contributed by atoms with Crippen LogP contribution in [0.3, 0.4) is 0 Å². The molecule has 2 rings (SSSR count). The fourth-order valence-electron chi connectivity index (χ4n) is 3.27. The van der Waals surface area contributed by atoms with E-state index in [-0.39, 0.29) is 11.9 Å². The normalized spacial score (nSPS) is 29.1. The second-order valence-electron chi connectivity index (χ2n) is 6.79. The molecule has 1 saturated heterocycles. The van der Waals surface area contributed by atoms with Gasteiger partial charge in [0.1, 0.15) is 5.54 Å². The molecule has 0 aromatic heterocycles. The Morgan fingerprint density at radius 2 is 1.90 bits per heavy atom. The lowest BCUT2D eigenvalue weighted by molar-refractivity contribution is -0.130. The molecule has 0 aromatic carbocycles. The average Bonchev–Trinajstić information content (AvgIpc) is 2.65. The van der Waals surface area contributed by atoms with Gasteiger partial charge in [0.05, 0.1) is 0 Å². The van der Waals surface area contributed by atoms with Crippen molar-refractivity contribution in [2.75, 3.05) is 27.2 Å². The molecule has 0 bridgehead atoms. The molecule has 1 aliphatic heterocycles. The zero-order valence-corrected chi connectivity index (χ0v) is 13.6. The van der Waals surface area contributed by atoms with E-state index in [1.165, 1.54) is 30.6 Å². The molecule has 1 saturated carbocycles. The maximum absolute atomic E-state index is 12.1. The maximum atomic E-state index is 12.1. The molecule has 0 unspecified atom stereocenters. The van der Waals surface area contributed by atoms with Crippen molar-refractivity contribution in [3.05, 3.63) is 0 Å². The lowest BCUT2D eigenvalue weighted by atomic mass is 9.90. The molecule has 120 valence electrons. The molecule has 1 heterocycles. The van der Waals surface area contributed by atoms with Crippen molar-refractivity contribution >= 4 is 11.9 Å². The summed E-state index contributed by atoms with van der Waals surface area (Å²) < 4.78 is 0. The highest BCUT2D eigenvalue weighted by Gasteiger charge is 2.44. The fourth-order valence-corrected chi connectivity index (χ4v) is 3.27. The maximum Gasteiger partial charge on any atom is 0.325 e. The third-order valence-corrected chi connectivity index (χ3v) is 4.85. The van der Waals surface area contributed by atoms with Crippen molar-refractivity contribution in [2.24, 2.45) is 0 Å². The van der Waals surface area contributed by atoms with Gasteiger partial charge in [-0.05, 0) is 53.6 Å². The predicted molar refractivity (Wildman–Crippen MR) is 82.1 cm³/mol. The highest BCUT2D eigenvalue weighted by molar-refractivity contribution is 6.06. The van der Waals surface area contributed by atoms with Crippen molar-refractivity contribution in [2.45, 2.75) is 57.2 Å². The van der Waals surface area contributed by atoms with Crippen LogP contribution in [0.25, 0.3) is 0 Å². The Morgan fingerprint density at radius 1 is 1.29 bits per heavy atom. The third-order valence-electron chi connectivity index (χ3n) is 4.85. The zero-order chi connectivity index (χ0) is 15.6. The number of urea groups is 1. The summed E-state index contributed by atoms with van der Waals surface area (Å²) in [6.45, 7) is 4.70. The largest absolute Gasteiger partial charge is 0.325 e. The molecule has 2 N–H and O–H groups in total. The molecule has 6 heteroatoms. The van der Waals surface area contributed by atoms with Crippen molar-refractivity contribution in [3.8, 4) is 0 Å². The van der Waals surface area contributed by atoms with Crippen LogP contribution in [-0.4, -0.2) is 66.5 Å². The smallest absolute Gasteiger partial charge is 0.324 e. The van der Waals surface area contributed by atoms with E-state index in [0.29, 0.717) is 18.6 Å². The fraction of sp³-hybridized carbons (Fsp3) is 0.867. The number of nitrogens with zero attached hydrogens (tertiary/aromatic N) is 2. The Morgan fingerprint density at radius 3 is 2.38 bits per heavy atom. The Bertz CT molecular complexity index is 402. The van der Waals surface area contributed by atoms with Gasteiger partial charge >= 0.3 is 6.03 Å². The standard InChI is InChI=1S/C15H28N4O2/c1-15(2)13(20)19(14(21)17-15)10-9-18(4)12-7-5-11(16-3)6-8-12/h11-12,16H,5-10H2,1-4H3,(H,17,21). The molecule has 1 aliphatic carbocycles. The van der Waals surface area contributed by atoms with E-state index in [1.807, 2.05) is 7.05 Å². The van der Waals surface area contributed by atoms with Gasteiger partial charge in [-0.25, -0.2) is 4.79 Å². The van der Waals surface area contributed by atoms with E-state index in [4.69, 9.17) is 0 Å². The lowest BCUT2D eigenvalue weighted by Crippen LogP contribution is -2.44. The number of amides is 3. The zero-order valence-electron chi connectivity index (χ0n) is 13.6. The molecule has 3 amide bonds. The Hall–Kier alpha value is -1.14. The van der Waals surface area contributed by atoms with Crippen molar-refractivity contribution in [1.29, 1.82) is 0 Å². The van der Waals surface area contributed by atoms with Gasteiger partial charge in [0.15, 0.2) is 0 Å².